The Balaban J connectivity index is 1.21. The highest BCUT2D eigenvalue weighted by atomic mass is 79.9. The number of benzene rings is 1. The van der Waals surface area contributed by atoms with Gasteiger partial charge in [-0.25, -0.2) is 4.98 Å². The minimum Gasteiger partial charge on any atom is -0.461 e. The van der Waals surface area contributed by atoms with Gasteiger partial charge in [0.15, 0.2) is 24.1 Å². The third kappa shape index (κ3) is 5.26. The summed E-state index contributed by atoms with van der Waals surface area (Å²) in [7, 11) is 0. The topological polar surface area (TPSA) is 96.2 Å². The molecule has 3 saturated carbocycles. The molecule has 3 aliphatic rings. The molecule has 0 saturated heterocycles. The number of rotatable bonds is 7. The van der Waals surface area contributed by atoms with Gasteiger partial charge in [0, 0.05) is 39.3 Å². The first kappa shape index (κ1) is 31.5. The Kier molecular flexibility index (Phi) is 8.38. The van der Waals surface area contributed by atoms with Crippen LogP contribution in [0.25, 0.3) is 11.0 Å². The highest BCUT2D eigenvalue weighted by molar-refractivity contribution is 9.10. The molecule has 1 aromatic carbocycles. The number of H-pyrrole nitrogens is 1. The molecular weight excluding hydrogens is 638 g/mol. The zero-order chi connectivity index (χ0) is 31.4. The molecule has 2 N–H and O–H groups in total. The molecule has 3 aromatic rings. The molecular formula is C35H43BrN3O4S+. The first-order chi connectivity index (χ1) is 20.9. The molecule has 3 aliphatic carbocycles. The number of aromatic nitrogens is 3. The zero-order valence-electron chi connectivity index (χ0n) is 26.0. The van der Waals surface area contributed by atoms with Crippen LogP contribution in [-0.2, 0) is 20.9 Å². The van der Waals surface area contributed by atoms with Gasteiger partial charge in [-0.1, -0.05) is 73.6 Å². The van der Waals surface area contributed by atoms with E-state index in [4.69, 9.17) is 9.72 Å². The number of thioether (sulfide) groups is 1. The van der Waals surface area contributed by atoms with Crippen LogP contribution < -0.4 is 4.57 Å². The molecule has 9 heteroatoms. The number of aromatic amines is 1. The Morgan fingerprint density at radius 1 is 1.25 bits per heavy atom. The van der Waals surface area contributed by atoms with Gasteiger partial charge in [-0.3, -0.25) is 9.59 Å². The number of Topliss-reactive ketones (excluding diaryl/α,β-unsaturated/α-hetero) is 1. The van der Waals surface area contributed by atoms with Gasteiger partial charge in [0.05, 0.1) is 11.9 Å². The number of nitrogens with zero attached hydrogens (tertiary/aromatic N) is 2. The normalized spacial score (nSPS) is 35.1. The van der Waals surface area contributed by atoms with E-state index in [9.17, 15) is 14.7 Å². The number of nitrogens with one attached hydrogen (secondary N) is 1. The van der Waals surface area contributed by atoms with Gasteiger partial charge in [-0.15, -0.1) is 6.58 Å². The fraction of sp³-hybridized carbons (Fsp3) is 0.543. The summed E-state index contributed by atoms with van der Waals surface area (Å²) >= 11 is 4.80. The first-order valence-electron chi connectivity index (χ1n) is 15.7. The van der Waals surface area contributed by atoms with Crippen LogP contribution in [0.3, 0.4) is 0 Å². The Morgan fingerprint density at radius 2 is 2.00 bits per heavy atom. The van der Waals surface area contributed by atoms with E-state index >= 15 is 0 Å². The standard InChI is InChI=1S/C35H42BrN3O4S/c1-6-33(4)17-28(34(5)21(2)11-14-35(22(3)31(33)42)15-12-27(40)30(34)35)43-29(41)20-44-32-37-25-13-16-39(19-26(25)38-32)18-23-7-9-24(36)10-8-23/h6-10,13,16,19,21-22,28,30-31,42H,1,11-12,14-15,17-18,20H2,2-5H3/p+1/t21-,22+,28-,30+,31+,33-,34+,35+/m1/s1. The van der Waals surface area contributed by atoms with Gasteiger partial charge >= 0.3 is 5.97 Å². The lowest BCUT2D eigenvalue weighted by atomic mass is 9.44. The molecule has 0 amide bonds. The van der Waals surface area contributed by atoms with Crippen LogP contribution in [0.4, 0.5) is 0 Å². The number of hydrogen-bond donors (Lipinski definition) is 2. The number of imidazole rings is 1. The van der Waals surface area contributed by atoms with Crippen LogP contribution in [0.1, 0.15) is 65.4 Å². The summed E-state index contributed by atoms with van der Waals surface area (Å²) in [6.45, 7) is 13.3. The average molecular weight is 682 g/mol. The van der Waals surface area contributed by atoms with Crippen molar-refractivity contribution in [1.29, 1.82) is 0 Å². The van der Waals surface area contributed by atoms with Crippen LogP contribution in [0, 0.1) is 34.0 Å². The van der Waals surface area contributed by atoms with Crippen molar-refractivity contribution < 1.29 is 24.0 Å². The number of hydrogen-bond acceptors (Lipinski definition) is 6. The molecule has 0 radical (unpaired) electrons. The van der Waals surface area contributed by atoms with Gasteiger partial charge in [-0.2, -0.15) is 4.57 Å². The lowest BCUT2D eigenvalue weighted by Gasteiger charge is -2.61. The van der Waals surface area contributed by atoms with E-state index < -0.39 is 23.0 Å². The number of pyridine rings is 1. The highest BCUT2D eigenvalue weighted by Crippen LogP contribution is 2.68. The summed E-state index contributed by atoms with van der Waals surface area (Å²) in [6.07, 6.45) is 8.28. The van der Waals surface area contributed by atoms with E-state index in [2.05, 4.69) is 65.0 Å². The minimum absolute atomic E-state index is 0.0531. The Morgan fingerprint density at radius 3 is 2.73 bits per heavy atom. The van der Waals surface area contributed by atoms with Gasteiger partial charge in [0.1, 0.15) is 22.9 Å². The summed E-state index contributed by atoms with van der Waals surface area (Å²) in [5, 5.41) is 12.4. The van der Waals surface area contributed by atoms with Crippen molar-refractivity contribution in [3.8, 4) is 0 Å². The molecule has 0 aliphatic heterocycles. The summed E-state index contributed by atoms with van der Waals surface area (Å²) < 4.78 is 9.54. The SMILES string of the molecule is C=C[C@]1(C)C[C@@H](OC(=O)CSc2nc3cc[n+](Cc4ccc(Br)cc4)cc3[nH]2)[C@]2(C)[C@H](C)CC[C@]3(CCC(=O)[C@H]32)[C@@H](C)[C@@H]1O. The smallest absolute Gasteiger partial charge is 0.316 e. The molecule has 2 aromatic heterocycles. The first-order valence-corrected chi connectivity index (χ1v) is 17.5. The van der Waals surface area contributed by atoms with Gasteiger partial charge in [0.25, 0.3) is 0 Å². The molecule has 0 spiro atoms. The number of esters is 1. The van der Waals surface area contributed by atoms with Crippen LogP contribution in [0.15, 0.2) is 65.0 Å². The van der Waals surface area contributed by atoms with Crippen LogP contribution in [-0.4, -0.2) is 44.8 Å². The number of aliphatic hydroxyl groups is 1. The zero-order valence-corrected chi connectivity index (χ0v) is 28.4. The fourth-order valence-electron chi connectivity index (χ4n) is 8.77. The fourth-order valence-corrected chi connectivity index (χ4v) is 9.70. The van der Waals surface area contributed by atoms with E-state index in [0.29, 0.717) is 18.0 Å². The van der Waals surface area contributed by atoms with E-state index in [0.717, 1.165) is 41.3 Å². The number of ether oxygens (including phenoxy) is 1. The molecule has 0 unspecified atom stereocenters. The van der Waals surface area contributed by atoms with Gasteiger partial charge in [0.2, 0.25) is 0 Å². The summed E-state index contributed by atoms with van der Waals surface area (Å²) in [6, 6.07) is 10.2. The molecule has 6 rings (SSSR count). The predicted molar refractivity (Wildman–Crippen MR) is 175 cm³/mol. The lowest BCUT2D eigenvalue weighted by Crippen LogP contribution is -2.63. The Bertz CT molecular complexity index is 1590. The van der Waals surface area contributed by atoms with E-state index in [1.807, 2.05) is 43.6 Å². The minimum atomic E-state index is -0.677. The molecule has 8 atom stereocenters. The average Bonchev–Trinajstić information content (AvgIpc) is 3.58. The lowest BCUT2D eigenvalue weighted by molar-refractivity contribution is -0.687. The van der Waals surface area contributed by atoms with Crippen molar-refractivity contribution in [2.75, 3.05) is 5.75 Å². The second-order valence-corrected chi connectivity index (χ2v) is 15.8. The molecule has 7 nitrogen and oxygen atoms in total. The van der Waals surface area contributed by atoms with E-state index in [-0.39, 0.29) is 40.7 Å². The maximum atomic E-state index is 13.6. The van der Waals surface area contributed by atoms with Crippen molar-refractivity contribution in [1.82, 2.24) is 9.97 Å². The summed E-state index contributed by atoms with van der Waals surface area (Å²) in [5.74, 6) is -0.0761. The maximum absolute atomic E-state index is 13.6. The van der Waals surface area contributed by atoms with Crippen LogP contribution >= 0.6 is 27.7 Å². The maximum Gasteiger partial charge on any atom is 0.316 e. The molecule has 234 valence electrons. The predicted octanol–water partition coefficient (Wildman–Crippen LogP) is 6.66. The summed E-state index contributed by atoms with van der Waals surface area (Å²) in [5.41, 5.74) is 1.46. The number of halogens is 1. The molecule has 2 bridgehead atoms. The second-order valence-electron chi connectivity index (χ2n) is 13.9. The number of ketones is 1. The van der Waals surface area contributed by atoms with Crippen molar-refractivity contribution in [2.45, 2.75) is 83.7 Å². The molecule has 3 fully saturated rings. The van der Waals surface area contributed by atoms with E-state index in [1.165, 1.54) is 17.3 Å². The number of carbonyl (C=O) groups is 2. The second kappa shape index (κ2) is 11.7. The third-order valence-corrected chi connectivity index (χ3v) is 13.0. The van der Waals surface area contributed by atoms with Gasteiger partial charge < -0.3 is 14.8 Å². The van der Waals surface area contributed by atoms with Gasteiger partial charge in [-0.05, 0) is 55.1 Å². The third-order valence-electron chi connectivity index (χ3n) is 11.6. The van der Waals surface area contributed by atoms with Crippen molar-refractivity contribution >= 4 is 50.5 Å². The van der Waals surface area contributed by atoms with Crippen LogP contribution in [0.5, 0.6) is 0 Å². The van der Waals surface area contributed by atoms with Crippen molar-refractivity contribution in [3.05, 3.63) is 65.4 Å². The monoisotopic (exact) mass is 680 g/mol. The van der Waals surface area contributed by atoms with Crippen molar-refractivity contribution in [2.24, 2.45) is 34.0 Å². The Hall–Kier alpha value is -2.49. The number of fused-ring (bicyclic) bond motifs is 1. The number of carbonyl (C=O) groups excluding carboxylic acids is 2. The summed E-state index contributed by atoms with van der Waals surface area (Å²) in [4.78, 5) is 35.2. The Labute approximate surface area is 272 Å². The molecule has 44 heavy (non-hydrogen) atoms. The molecule has 2 heterocycles. The largest absolute Gasteiger partial charge is 0.461 e. The van der Waals surface area contributed by atoms with Crippen LogP contribution in [0.2, 0.25) is 0 Å². The van der Waals surface area contributed by atoms with Crippen molar-refractivity contribution in [3.63, 3.8) is 0 Å². The van der Waals surface area contributed by atoms with E-state index in [1.54, 1.807) is 0 Å². The quantitative estimate of drug-likeness (QED) is 0.125. The highest BCUT2D eigenvalue weighted by Gasteiger charge is 2.68. The number of aliphatic hydroxyl groups excluding tert-OH is 1.